The molecule has 3 rings (SSSR count). The number of halogens is 4. The molecule has 0 saturated carbocycles. The van der Waals surface area contributed by atoms with Gasteiger partial charge in [0.1, 0.15) is 4.83 Å². The highest BCUT2D eigenvalue weighted by Crippen LogP contribution is 2.36. The fourth-order valence-corrected chi connectivity index (χ4v) is 3.73. The molecule has 7 nitrogen and oxygen atoms in total. The number of alkyl halides is 3. The lowest BCUT2D eigenvalue weighted by Gasteiger charge is -2.17. The first-order valence-electron chi connectivity index (χ1n) is 8.89. The third-order valence-electron chi connectivity index (χ3n) is 4.38. The van der Waals surface area contributed by atoms with E-state index >= 15 is 0 Å². The Bertz CT molecular complexity index is 1190. The van der Waals surface area contributed by atoms with Gasteiger partial charge < -0.3 is 10.2 Å². The van der Waals surface area contributed by atoms with Crippen molar-refractivity contribution >= 4 is 50.7 Å². The molecule has 164 valence electrons. The van der Waals surface area contributed by atoms with Gasteiger partial charge in [-0.15, -0.1) is 11.3 Å². The number of likely N-dealkylation sites (N-methyl/N-ethyl adjacent to an activating group) is 1. The van der Waals surface area contributed by atoms with Gasteiger partial charge in [0, 0.05) is 25.7 Å². The third-order valence-corrected chi connectivity index (χ3v) is 5.53. The topological polar surface area (TPSA) is 84.3 Å². The van der Waals surface area contributed by atoms with Gasteiger partial charge in [-0.25, -0.2) is 4.98 Å². The Morgan fingerprint density at radius 1 is 1.29 bits per heavy atom. The molecule has 3 aromatic rings. The minimum absolute atomic E-state index is 0.0554. The molecule has 31 heavy (non-hydrogen) atoms. The zero-order chi connectivity index (χ0) is 22.8. The van der Waals surface area contributed by atoms with Crippen LogP contribution in [0.2, 0.25) is 5.02 Å². The number of nitrogens with zero attached hydrogens (tertiary/aromatic N) is 3. The first-order valence-corrected chi connectivity index (χ1v) is 10.1. The summed E-state index contributed by atoms with van der Waals surface area (Å²) in [6, 6.07) is 4.65. The second kappa shape index (κ2) is 9.06. The minimum Gasteiger partial charge on any atom is -0.336 e. The number of hydrogen-bond acceptors (Lipinski definition) is 5. The molecule has 0 saturated heterocycles. The van der Waals surface area contributed by atoms with E-state index < -0.39 is 28.6 Å². The zero-order valence-electron chi connectivity index (χ0n) is 16.1. The van der Waals surface area contributed by atoms with Gasteiger partial charge in [0.2, 0.25) is 11.8 Å². The predicted octanol–water partition coefficient (Wildman–Crippen LogP) is 3.62. The van der Waals surface area contributed by atoms with Crippen molar-refractivity contribution in [2.75, 3.05) is 18.9 Å². The Morgan fingerprint density at radius 3 is 2.74 bits per heavy atom. The molecule has 0 aliphatic heterocycles. The van der Waals surface area contributed by atoms with Gasteiger partial charge in [-0.05, 0) is 29.6 Å². The van der Waals surface area contributed by atoms with E-state index in [4.69, 9.17) is 11.6 Å². The van der Waals surface area contributed by atoms with E-state index in [0.717, 1.165) is 17.0 Å². The summed E-state index contributed by atoms with van der Waals surface area (Å²) < 4.78 is 40.1. The van der Waals surface area contributed by atoms with E-state index in [1.54, 1.807) is 11.4 Å². The van der Waals surface area contributed by atoms with Crippen LogP contribution in [0, 0.1) is 0 Å². The van der Waals surface area contributed by atoms with Crippen LogP contribution in [0.25, 0.3) is 10.2 Å². The summed E-state index contributed by atoms with van der Waals surface area (Å²) in [5.41, 5.74) is -1.43. The molecule has 0 bridgehead atoms. The summed E-state index contributed by atoms with van der Waals surface area (Å²) in [6.07, 6.45) is -3.36. The number of aromatic nitrogens is 2. The molecule has 0 spiro atoms. The highest BCUT2D eigenvalue weighted by atomic mass is 35.5. The van der Waals surface area contributed by atoms with Crippen LogP contribution in [0.5, 0.6) is 0 Å². The van der Waals surface area contributed by atoms with Crippen LogP contribution in [0.1, 0.15) is 12.0 Å². The fraction of sp³-hybridized carbons (Fsp3) is 0.263. The van der Waals surface area contributed by atoms with Crippen molar-refractivity contribution < 1.29 is 22.8 Å². The maximum Gasteiger partial charge on any atom is 0.417 e. The molecule has 12 heteroatoms. The van der Waals surface area contributed by atoms with Crippen LogP contribution in [0.15, 0.2) is 40.8 Å². The van der Waals surface area contributed by atoms with Crippen LogP contribution in [-0.2, 0) is 22.3 Å². The zero-order valence-corrected chi connectivity index (χ0v) is 17.6. The maximum atomic E-state index is 12.9. The summed E-state index contributed by atoms with van der Waals surface area (Å²) in [7, 11) is 1.38. The summed E-state index contributed by atoms with van der Waals surface area (Å²) in [4.78, 5) is 42.7. The third kappa shape index (κ3) is 5.42. The number of anilines is 1. The highest BCUT2D eigenvalue weighted by molar-refractivity contribution is 7.16. The van der Waals surface area contributed by atoms with Crippen molar-refractivity contribution in [2.24, 2.45) is 0 Å². The number of fused-ring (bicyclic) bond motifs is 1. The highest BCUT2D eigenvalue weighted by Gasteiger charge is 2.33. The number of aryl methyl sites for hydroxylation is 1. The molecule has 0 atom stereocenters. The summed E-state index contributed by atoms with van der Waals surface area (Å²) in [6.45, 7) is -0.298. The number of hydrogen-bond donors (Lipinski definition) is 1. The molecular weight excluding hydrogens is 457 g/mol. The number of carbonyl (C=O) groups excluding carboxylic acids is 2. The molecule has 0 radical (unpaired) electrons. The molecular formula is C19H16ClF3N4O3S. The molecule has 2 aromatic heterocycles. The average Bonchev–Trinajstić information content (AvgIpc) is 3.17. The lowest BCUT2D eigenvalue weighted by Crippen LogP contribution is -2.36. The first-order chi connectivity index (χ1) is 14.6. The van der Waals surface area contributed by atoms with Crippen molar-refractivity contribution in [1.29, 1.82) is 0 Å². The largest absolute Gasteiger partial charge is 0.417 e. The van der Waals surface area contributed by atoms with Crippen LogP contribution in [0.3, 0.4) is 0 Å². The van der Waals surface area contributed by atoms with Gasteiger partial charge in [0.05, 0.1) is 28.8 Å². The van der Waals surface area contributed by atoms with Crippen molar-refractivity contribution in [1.82, 2.24) is 14.5 Å². The van der Waals surface area contributed by atoms with Gasteiger partial charge in [0.15, 0.2) is 0 Å². The first kappa shape index (κ1) is 22.8. The van der Waals surface area contributed by atoms with E-state index in [9.17, 15) is 27.6 Å². The van der Waals surface area contributed by atoms with Crippen molar-refractivity contribution in [3.63, 3.8) is 0 Å². The van der Waals surface area contributed by atoms with Gasteiger partial charge in [0.25, 0.3) is 5.56 Å². The van der Waals surface area contributed by atoms with Gasteiger partial charge in [-0.3, -0.25) is 19.0 Å². The minimum atomic E-state index is -4.66. The molecule has 1 aromatic carbocycles. The molecule has 1 N–H and O–H groups in total. The molecule has 0 aliphatic rings. The smallest absolute Gasteiger partial charge is 0.336 e. The fourth-order valence-electron chi connectivity index (χ4n) is 2.78. The van der Waals surface area contributed by atoms with Crippen LogP contribution in [-0.4, -0.2) is 39.9 Å². The Balaban J connectivity index is 1.57. The Kier molecular flexibility index (Phi) is 6.65. The lowest BCUT2D eigenvalue weighted by atomic mass is 10.2. The molecule has 0 unspecified atom stereocenters. The number of thiophene rings is 1. The quantitative estimate of drug-likeness (QED) is 0.594. The Labute approximate surface area is 183 Å². The van der Waals surface area contributed by atoms with E-state index in [2.05, 4.69) is 10.3 Å². The summed E-state index contributed by atoms with van der Waals surface area (Å²) in [5.74, 6) is -1.09. The lowest BCUT2D eigenvalue weighted by molar-refractivity contribution is -0.137. The van der Waals surface area contributed by atoms with Crippen molar-refractivity contribution in [3.8, 4) is 0 Å². The van der Waals surface area contributed by atoms with Crippen molar-refractivity contribution in [3.05, 3.63) is 56.9 Å². The summed E-state index contributed by atoms with van der Waals surface area (Å²) in [5, 5.41) is 4.04. The molecule has 2 heterocycles. The SMILES string of the molecule is CN(CC(=O)Nc1ccc(Cl)c(C(F)(F)F)c1)C(=O)CCn1cnc2sccc2c1=O. The number of amides is 2. The van der Waals surface area contributed by atoms with Crippen LogP contribution in [0.4, 0.5) is 18.9 Å². The van der Waals surface area contributed by atoms with Crippen molar-refractivity contribution in [2.45, 2.75) is 19.1 Å². The van der Waals surface area contributed by atoms with E-state index in [1.807, 2.05) is 0 Å². The number of carbonyl (C=O) groups is 2. The predicted molar refractivity (Wildman–Crippen MR) is 111 cm³/mol. The number of rotatable bonds is 6. The van der Waals surface area contributed by atoms with E-state index in [-0.39, 0.29) is 30.8 Å². The van der Waals surface area contributed by atoms with Crippen LogP contribution < -0.4 is 10.9 Å². The van der Waals surface area contributed by atoms with E-state index in [1.165, 1.54) is 35.3 Å². The average molecular weight is 473 g/mol. The molecule has 2 amide bonds. The normalized spacial score (nSPS) is 11.5. The molecule has 0 fully saturated rings. The second-order valence-electron chi connectivity index (χ2n) is 6.62. The van der Waals surface area contributed by atoms with Gasteiger partial charge in [-0.1, -0.05) is 11.6 Å². The second-order valence-corrected chi connectivity index (χ2v) is 7.92. The van der Waals surface area contributed by atoms with Gasteiger partial charge in [-0.2, -0.15) is 13.2 Å². The number of nitrogens with one attached hydrogen (secondary N) is 1. The van der Waals surface area contributed by atoms with Gasteiger partial charge >= 0.3 is 6.18 Å². The summed E-state index contributed by atoms with van der Waals surface area (Å²) >= 11 is 6.89. The maximum absolute atomic E-state index is 12.9. The Hall–Kier alpha value is -2.92. The number of benzene rings is 1. The Morgan fingerprint density at radius 2 is 2.03 bits per heavy atom. The standard InChI is InChI=1S/C19H16ClF3N4O3S/c1-26(9-15(28)25-11-2-3-14(20)13(8-11)19(21,22)23)16(29)4-6-27-10-24-17-12(18(27)30)5-7-31-17/h2-3,5,7-8,10H,4,6,9H2,1H3,(H,25,28). The molecule has 0 aliphatic carbocycles. The monoisotopic (exact) mass is 472 g/mol. The van der Waals surface area contributed by atoms with Crippen LogP contribution >= 0.6 is 22.9 Å². The van der Waals surface area contributed by atoms with E-state index in [0.29, 0.717) is 10.2 Å².